The van der Waals surface area contributed by atoms with Gasteiger partial charge in [0.2, 0.25) is 5.06 Å². The van der Waals surface area contributed by atoms with E-state index in [0.29, 0.717) is 16.7 Å². The van der Waals surface area contributed by atoms with Gasteiger partial charge in [0.1, 0.15) is 5.69 Å². The second-order valence-electron chi connectivity index (χ2n) is 4.60. The zero-order valence-corrected chi connectivity index (χ0v) is 15.2. The fourth-order valence-corrected chi connectivity index (χ4v) is 3.96. The number of hydrogen-bond acceptors (Lipinski definition) is 8. The summed E-state index contributed by atoms with van der Waals surface area (Å²) < 4.78 is 0.810. The first-order chi connectivity index (χ1) is 11.7. The topological polar surface area (TPSA) is 71.3 Å². The van der Waals surface area contributed by atoms with Crippen LogP contribution in [-0.4, -0.2) is 32.5 Å². The molecule has 2 heterocycles. The van der Waals surface area contributed by atoms with Crippen LogP contribution in [-0.2, 0) is 5.75 Å². The highest BCUT2D eigenvalue weighted by atomic mass is 32.2. The SMILES string of the molecule is CSc1nccc(N=Cc2nc(SCc3ccccc3)sc2O)n1. The molecule has 0 atom stereocenters. The minimum absolute atomic E-state index is 0.161. The molecule has 0 saturated carbocycles. The van der Waals surface area contributed by atoms with Crippen molar-refractivity contribution >= 4 is 46.9 Å². The highest BCUT2D eigenvalue weighted by Crippen LogP contribution is 2.33. The Morgan fingerprint density at radius 3 is 2.83 bits per heavy atom. The van der Waals surface area contributed by atoms with Crippen molar-refractivity contribution in [2.75, 3.05) is 6.26 Å². The second-order valence-corrected chi connectivity index (χ2v) is 7.58. The average molecular weight is 375 g/mol. The minimum atomic E-state index is 0.161. The number of hydrogen-bond donors (Lipinski definition) is 1. The Bertz CT molecular complexity index is 836. The summed E-state index contributed by atoms with van der Waals surface area (Å²) in [4.78, 5) is 17.0. The fourth-order valence-electron chi connectivity index (χ4n) is 1.80. The zero-order chi connectivity index (χ0) is 16.8. The van der Waals surface area contributed by atoms with Crippen LogP contribution in [0.5, 0.6) is 5.06 Å². The third-order valence-corrected chi connectivity index (χ3v) is 5.59. The van der Waals surface area contributed by atoms with Crippen LogP contribution in [0.15, 0.2) is 57.1 Å². The van der Waals surface area contributed by atoms with Crippen molar-refractivity contribution < 1.29 is 5.11 Å². The van der Waals surface area contributed by atoms with Crippen molar-refractivity contribution in [1.82, 2.24) is 15.0 Å². The molecular formula is C16H14N4OS3. The molecule has 0 amide bonds. The van der Waals surface area contributed by atoms with E-state index in [9.17, 15) is 5.11 Å². The number of aromatic nitrogens is 3. The van der Waals surface area contributed by atoms with E-state index in [-0.39, 0.29) is 5.06 Å². The van der Waals surface area contributed by atoms with Crippen molar-refractivity contribution in [1.29, 1.82) is 0 Å². The number of thiazole rings is 1. The lowest BCUT2D eigenvalue weighted by Gasteiger charge is -1.97. The molecule has 1 aromatic carbocycles. The van der Waals surface area contributed by atoms with Crippen LogP contribution < -0.4 is 0 Å². The Kier molecular flexibility index (Phi) is 5.84. The number of thioether (sulfide) groups is 2. The summed E-state index contributed by atoms with van der Waals surface area (Å²) in [6.45, 7) is 0. The van der Waals surface area contributed by atoms with E-state index in [0.717, 1.165) is 10.1 Å². The van der Waals surface area contributed by atoms with Gasteiger partial charge in [-0.3, -0.25) is 0 Å². The lowest BCUT2D eigenvalue weighted by molar-refractivity contribution is 0.488. The molecule has 0 saturated heterocycles. The van der Waals surface area contributed by atoms with Gasteiger partial charge in [0.05, 0.1) is 6.21 Å². The molecular weight excluding hydrogens is 360 g/mol. The largest absolute Gasteiger partial charge is 0.498 e. The van der Waals surface area contributed by atoms with Gasteiger partial charge in [0, 0.05) is 18.0 Å². The molecule has 3 rings (SSSR count). The number of benzene rings is 1. The van der Waals surface area contributed by atoms with Crippen molar-refractivity contribution in [3.8, 4) is 5.06 Å². The number of aliphatic imine (C=N–C) groups is 1. The Morgan fingerprint density at radius 2 is 2.04 bits per heavy atom. The lowest BCUT2D eigenvalue weighted by Crippen LogP contribution is -1.86. The number of aromatic hydroxyl groups is 1. The van der Waals surface area contributed by atoms with Crippen LogP contribution in [0.4, 0.5) is 5.82 Å². The van der Waals surface area contributed by atoms with Crippen molar-refractivity contribution in [3.63, 3.8) is 0 Å². The van der Waals surface area contributed by atoms with Gasteiger partial charge in [-0.1, -0.05) is 65.2 Å². The van der Waals surface area contributed by atoms with Crippen LogP contribution >= 0.6 is 34.9 Å². The van der Waals surface area contributed by atoms with Gasteiger partial charge in [0.15, 0.2) is 15.3 Å². The Hall–Kier alpha value is -1.90. The monoisotopic (exact) mass is 374 g/mol. The van der Waals surface area contributed by atoms with Crippen LogP contribution in [0.3, 0.4) is 0 Å². The Labute approximate surface area is 152 Å². The van der Waals surface area contributed by atoms with E-state index in [1.165, 1.54) is 34.9 Å². The molecule has 0 radical (unpaired) electrons. The summed E-state index contributed by atoms with van der Waals surface area (Å²) in [5.74, 6) is 1.35. The second kappa shape index (κ2) is 8.27. The molecule has 0 fully saturated rings. The zero-order valence-electron chi connectivity index (χ0n) is 12.8. The average Bonchev–Trinajstić information content (AvgIpc) is 2.99. The Balaban J connectivity index is 1.68. The summed E-state index contributed by atoms with van der Waals surface area (Å²) in [5.41, 5.74) is 1.68. The van der Waals surface area contributed by atoms with E-state index in [1.54, 1.807) is 24.0 Å². The predicted molar refractivity (Wildman–Crippen MR) is 101 cm³/mol. The Morgan fingerprint density at radius 1 is 1.21 bits per heavy atom. The highest BCUT2D eigenvalue weighted by molar-refractivity contribution is 8.00. The van der Waals surface area contributed by atoms with Gasteiger partial charge in [-0.05, 0) is 11.8 Å². The first-order valence-electron chi connectivity index (χ1n) is 7.02. The molecule has 0 bridgehead atoms. The molecule has 5 nitrogen and oxygen atoms in total. The van der Waals surface area contributed by atoms with Crippen LogP contribution in [0.1, 0.15) is 11.3 Å². The van der Waals surface area contributed by atoms with Crippen molar-refractivity contribution in [3.05, 3.63) is 53.9 Å². The molecule has 3 aromatic rings. The van der Waals surface area contributed by atoms with Gasteiger partial charge < -0.3 is 5.11 Å². The molecule has 0 aliphatic carbocycles. The number of rotatable bonds is 6. The third kappa shape index (κ3) is 4.56. The predicted octanol–water partition coefficient (Wildman–Crippen LogP) is 4.40. The van der Waals surface area contributed by atoms with Gasteiger partial charge in [-0.25, -0.2) is 19.9 Å². The standard InChI is InChI=1S/C16H14N4OS3/c1-22-15-17-8-7-13(20-15)18-9-12-14(21)24-16(19-12)23-10-11-5-3-2-4-6-11/h2-9,21H,10H2,1H3. The maximum absolute atomic E-state index is 10.0. The van der Waals surface area contributed by atoms with E-state index < -0.39 is 0 Å². The van der Waals surface area contributed by atoms with Crippen LogP contribution in [0.25, 0.3) is 0 Å². The molecule has 24 heavy (non-hydrogen) atoms. The maximum Gasteiger partial charge on any atom is 0.201 e. The molecule has 0 aliphatic rings. The van der Waals surface area contributed by atoms with E-state index >= 15 is 0 Å². The first-order valence-corrected chi connectivity index (χ1v) is 10.0. The number of nitrogens with zero attached hydrogens (tertiary/aromatic N) is 4. The fraction of sp³-hybridized carbons (Fsp3) is 0.125. The van der Waals surface area contributed by atoms with E-state index in [1.807, 2.05) is 24.5 Å². The van der Waals surface area contributed by atoms with Crippen molar-refractivity contribution in [2.45, 2.75) is 15.2 Å². The third-order valence-electron chi connectivity index (χ3n) is 2.94. The van der Waals surface area contributed by atoms with E-state index in [4.69, 9.17) is 0 Å². The van der Waals surface area contributed by atoms with Gasteiger partial charge in [-0.15, -0.1) is 0 Å². The summed E-state index contributed by atoms with van der Waals surface area (Å²) in [5, 5.41) is 10.8. The van der Waals surface area contributed by atoms with Crippen molar-refractivity contribution in [2.24, 2.45) is 4.99 Å². The molecule has 0 unspecified atom stereocenters. The molecule has 2 aromatic heterocycles. The maximum atomic E-state index is 10.0. The van der Waals surface area contributed by atoms with Gasteiger partial charge in [0.25, 0.3) is 0 Å². The van der Waals surface area contributed by atoms with E-state index in [2.05, 4.69) is 32.1 Å². The van der Waals surface area contributed by atoms with Gasteiger partial charge in [-0.2, -0.15) is 0 Å². The van der Waals surface area contributed by atoms with Gasteiger partial charge >= 0.3 is 0 Å². The minimum Gasteiger partial charge on any atom is -0.498 e. The summed E-state index contributed by atoms with van der Waals surface area (Å²) in [6, 6.07) is 11.9. The first kappa shape index (κ1) is 16.9. The quantitative estimate of drug-likeness (QED) is 0.392. The molecule has 0 aliphatic heterocycles. The summed E-state index contributed by atoms with van der Waals surface area (Å²) in [6.07, 6.45) is 5.10. The molecule has 8 heteroatoms. The molecule has 122 valence electrons. The normalized spacial score (nSPS) is 11.2. The highest BCUT2D eigenvalue weighted by Gasteiger charge is 2.09. The molecule has 1 N–H and O–H groups in total. The lowest BCUT2D eigenvalue weighted by atomic mass is 10.2. The smallest absolute Gasteiger partial charge is 0.201 e. The summed E-state index contributed by atoms with van der Waals surface area (Å²) >= 11 is 4.30. The van der Waals surface area contributed by atoms with Crippen LogP contribution in [0, 0.1) is 0 Å². The van der Waals surface area contributed by atoms with Crippen LogP contribution in [0.2, 0.25) is 0 Å². The molecule has 0 spiro atoms. The summed E-state index contributed by atoms with van der Waals surface area (Å²) in [7, 11) is 0.